The molecule has 0 spiro atoms. The molecule has 19 heavy (non-hydrogen) atoms. The lowest BCUT2D eigenvalue weighted by molar-refractivity contribution is -0.139. The lowest BCUT2D eigenvalue weighted by Crippen LogP contribution is -2.47. The van der Waals surface area contributed by atoms with Crippen molar-refractivity contribution in [1.82, 2.24) is 15.6 Å². The van der Waals surface area contributed by atoms with Crippen LogP contribution in [0.1, 0.15) is 31.0 Å². The van der Waals surface area contributed by atoms with Crippen LogP contribution in [0.15, 0.2) is 10.6 Å². The zero-order valence-corrected chi connectivity index (χ0v) is 10.7. The van der Waals surface area contributed by atoms with Crippen LogP contribution in [-0.4, -0.2) is 39.8 Å². The maximum Gasteiger partial charge on any atom is 0.326 e. The molecule has 2 unspecified atom stereocenters. The lowest BCUT2D eigenvalue weighted by atomic mass is 10.2. The normalized spacial score (nSPS) is 13.6. The minimum absolute atomic E-state index is 0.0603. The minimum Gasteiger partial charge on any atom is -0.480 e. The molecule has 2 amide bonds. The summed E-state index contributed by atoms with van der Waals surface area (Å²) >= 11 is 0. The largest absolute Gasteiger partial charge is 0.480 e. The quantitative estimate of drug-likeness (QED) is 0.585. The molecule has 0 aromatic carbocycles. The number of nitrogens with one attached hydrogen (secondary N) is 2. The van der Waals surface area contributed by atoms with Crippen LogP contribution >= 0.6 is 0 Å². The number of urea groups is 1. The topological polar surface area (TPSA) is 125 Å². The van der Waals surface area contributed by atoms with Gasteiger partial charge in [-0.25, -0.2) is 14.6 Å². The number of aryl methyl sites for hydroxylation is 1. The first-order valence-corrected chi connectivity index (χ1v) is 5.77. The van der Waals surface area contributed by atoms with Crippen LogP contribution in [0.3, 0.4) is 0 Å². The molecule has 0 bridgehead atoms. The number of amides is 2. The zero-order chi connectivity index (χ0) is 14.4. The molecule has 2 atom stereocenters. The molecule has 8 heteroatoms. The standard InChI is InChI=1S/C11H17N3O5/c1-6-5-12-9(19-6)7(2)13-11(18)14-8(3-4-15)10(16)17/h5,7-8,15H,3-4H2,1-2H3,(H,16,17)(H2,13,14,18). The fraction of sp³-hybridized carbons (Fsp3) is 0.545. The van der Waals surface area contributed by atoms with Crippen molar-refractivity contribution in [2.45, 2.75) is 32.4 Å². The summed E-state index contributed by atoms with van der Waals surface area (Å²) in [5.41, 5.74) is 0. The van der Waals surface area contributed by atoms with Crippen LogP contribution in [0.4, 0.5) is 4.79 Å². The second kappa shape index (κ2) is 6.74. The van der Waals surface area contributed by atoms with Gasteiger partial charge in [-0.3, -0.25) is 0 Å². The third-order valence-corrected chi connectivity index (χ3v) is 2.38. The number of carbonyl (C=O) groups is 2. The Kier molecular flexibility index (Phi) is 5.31. The number of hydrogen-bond acceptors (Lipinski definition) is 5. The van der Waals surface area contributed by atoms with Gasteiger partial charge in [0.15, 0.2) is 0 Å². The Hall–Kier alpha value is -2.09. The van der Waals surface area contributed by atoms with Crippen molar-refractivity contribution in [3.63, 3.8) is 0 Å². The minimum atomic E-state index is -1.20. The van der Waals surface area contributed by atoms with Gasteiger partial charge in [0.25, 0.3) is 0 Å². The first-order chi connectivity index (χ1) is 8.93. The van der Waals surface area contributed by atoms with E-state index in [1.807, 2.05) is 0 Å². The second-order valence-electron chi connectivity index (χ2n) is 4.05. The highest BCUT2D eigenvalue weighted by Gasteiger charge is 2.21. The molecule has 0 saturated carbocycles. The van der Waals surface area contributed by atoms with Crippen molar-refractivity contribution in [3.8, 4) is 0 Å². The molecule has 1 aromatic heterocycles. The maximum atomic E-state index is 11.6. The molecule has 0 saturated heterocycles. The molecule has 106 valence electrons. The van der Waals surface area contributed by atoms with Crippen molar-refractivity contribution in [2.24, 2.45) is 0 Å². The smallest absolute Gasteiger partial charge is 0.326 e. The highest BCUT2D eigenvalue weighted by Crippen LogP contribution is 2.11. The van der Waals surface area contributed by atoms with E-state index < -0.39 is 24.1 Å². The van der Waals surface area contributed by atoms with E-state index in [4.69, 9.17) is 14.6 Å². The number of oxazole rings is 1. The average molecular weight is 271 g/mol. The summed E-state index contributed by atoms with van der Waals surface area (Å²) < 4.78 is 5.24. The molecule has 1 aromatic rings. The number of aliphatic hydroxyl groups is 1. The average Bonchev–Trinajstić information content (AvgIpc) is 2.75. The van der Waals surface area contributed by atoms with Gasteiger partial charge in [-0.2, -0.15) is 0 Å². The highest BCUT2D eigenvalue weighted by atomic mass is 16.4. The van der Waals surface area contributed by atoms with Crippen molar-refractivity contribution in [2.75, 3.05) is 6.61 Å². The Labute approximate surface area is 109 Å². The van der Waals surface area contributed by atoms with Crippen molar-refractivity contribution in [3.05, 3.63) is 17.8 Å². The number of hydrogen-bond donors (Lipinski definition) is 4. The van der Waals surface area contributed by atoms with Crippen LogP contribution < -0.4 is 10.6 Å². The van der Waals surface area contributed by atoms with E-state index in [1.165, 1.54) is 6.20 Å². The molecule has 0 radical (unpaired) electrons. The van der Waals surface area contributed by atoms with Crippen LogP contribution in [0.25, 0.3) is 0 Å². The number of carboxylic acid groups (broad SMARTS) is 1. The molecule has 1 heterocycles. The van der Waals surface area contributed by atoms with Crippen molar-refractivity contribution in [1.29, 1.82) is 0 Å². The summed E-state index contributed by atoms with van der Waals surface area (Å²) in [6, 6.07) is -2.29. The molecule has 4 N–H and O–H groups in total. The van der Waals surface area contributed by atoms with Gasteiger partial charge in [-0.1, -0.05) is 0 Å². The van der Waals surface area contributed by atoms with Crippen molar-refractivity contribution < 1.29 is 24.2 Å². The number of aromatic nitrogens is 1. The first kappa shape index (κ1) is 15.0. The summed E-state index contributed by atoms with van der Waals surface area (Å²) in [4.78, 5) is 26.3. The van der Waals surface area contributed by atoms with Gasteiger partial charge in [-0.15, -0.1) is 0 Å². The fourth-order valence-corrected chi connectivity index (χ4v) is 1.42. The Bertz CT molecular complexity index is 445. The molecule has 1 rings (SSSR count). The van der Waals surface area contributed by atoms with E-state index in [1.54, 1.807) is 13.8 Å². The molecule has 0 aliphatic rings. The van der Waals surface area contributed by atoms with E-state index in [9.17, 15) is 9.59 Å². The van der Waals surface area contributed by atoms with Gasteiger partial charge in [0.05, 0.1) is 6.20 Å². The van der Waals surface area contributed by atoms with Crippen LogP contribution in [-0.2, 0) is 4.79 Å². The van der Waals surface area contributed by atoms with E-state index in [2.05, 4.69) is 15.6 Å². The van der Waals surface area contributed by atoms with Gasteiger partial charge in [-0.05, 0) is 13.8 Å². The van der Waals surface area contributed by atoms with Gasteiger partial charge >= 0.3 is 12.0 Å². The SMILES string of the molecule is Cc1cnc(C(C)NC(=O)NC(CCO)C(=O)O)o1. The molecular formula is C11H17N3O5. The van der Waals surface area contributed by atoms with Crippen LogP contribution in [0, 0.1) is 6.92 Å². The monoisotopic (exact) mass is 271 g/mol. The van der Waals surface area contributed by atoms with Gasteiger partial charge < -0.3 is 25.3 Å². The third kappa shape index (κ3) is 4.59. The summed E-state index contributed by atoms with van der Waals surface area (Å²) in [7, 11) is 0. The fourth-order valence-electron chi connectivity index (χ4n) is 1.42. The number of carbonyl (C=O) groups excluding carboxylic acids is 1. The number of carboxylic acids is 1. The number of rotatable bonds is 6. The highest BCUT2D eigenvalue weighted by molar-refractivity contribution is 5.82. The molecule has 0 fully saturated rings. The van der Waals surface area contributed by atoms with Gasteiger partial charge in [0.1, 0.15) is 17.8 Å². The maximum absolute atomic E-state index is 11.6. The van der Waals surface area contributed by atoms with E-state index in [0.717, 1.165) is 0 Å². The second-order valence-corrected chi connectivity index (χ2v) is 4.05. The van der Waals surface area contributed by atoms with E-state index in [-0.39, 0.29) is 13.0 Å². The summed E-state index contributed by atoms with van der Waals surface area (Å²) in [5.74, 6) is -0.252. The summed E-state index contributed by atoms with van der Waals surface area (Å²) in [6.45, 7) is 3.06. The Balaban J connectivity index is 2.52. The Morgan fingerprint density at radius 2 is 2.16 bits per heavy atom. The summed E-state index contributed by atoms with van der Waals surface area (Å²) in [6.07, 6.45) is 1.46. The number of aliphatic carboxylic acids is 1. The Morgan fingerprint density at radius 1 is 1.47 bits per heavy atom. The zero-order valence-electron chi connectivity index (χ0n) is 10.7. The Morgan fingerprint density at radius 3 is 2.63 bits per heavy atom. The molecule has 8 nitrogen and oxygen atoms in total. The molecular weight excluding hydrogens is 254 g/mol. The van der Waals surface area contributed by atoms with E-state index in [0.29, 0.717) is 11.7 Å². The lowest BCUT2D eigenvalue weighted by Gasteiger charge is -2.16. The number of nitrogens with zero attached hydrogens (tertiary/aromatic N) is 1. The first-order valence-electron chi connectivity index (χ1n) is 5.77. The predicted octanol–water partition coefficient (Wildman–Crippen LogP) is 0.179. The summed E-state index contributed by atoms with van der Waals surface area (Å²) in [5, 5.41) is 22.3. The van der Waals surface area contributed by atoms with Crippen molar-refractivity contribution >= 4 is 12.0 Å². The number of aliphatic hydroxyl groups excluding tert-OH is 1. The molecule has 0 aliphatic heterocycles. The van der Waals surface area contributed by atoms with Crippen LogP contribution in [0.2, 0.25) is 0 Å². The third-order valence-electron chi connectivity index (χ3n) is 2.38. The molecule has 0 aliphatic carbocycles. The van der Waals surface area contributed by atoms with E-state index >= 15 is 0 Å². The van der Waals surface area contributed by atoms with Gasteiger partial charge in [0, 0.05) is 13.0 Å². The predicted molar refractivity (Wildman–Crippen MR) is 64.4 cm³/mol. The van der Waals surface area contributed by atoms with Crippen LogP contribution in [0.5, 0.6) is 0 Å². The van der Waals surface area contributed by atoms with Gasteiger partial charge in [0.2, 0.25) is 5.89 Å².